The van der Waals surface area contributed by atoms with Gasteiger partial charge in [-0.05, 0) is 36.4 Å². The molecule has 0 aliphatic rings. The summed E-state index contributed by atoms with van der Waals surface area (Å²) in [6.07, 6.45) is -3.11. The molecule has 0 atom stereocenters. The van der Waals surface area contributed by atoms with Gasteiger partial charge >= 0.3 is 6.18 Å². The first-order chi connectivity index (χ1) is 11.3. The number of rotatable bonds is 2. The number of amides is 1. The molecule has 0 aliphatic carbocycles. The van der Waals surface area contributed by atoms with Crippen LogP contribution in [0.2, 0.25) is 5.02 Å². The second-order valence-corrected chi connectivity index (χ2v) is 5.49. The van der Waals surface area contributed by atoms with E-state index in [4.69, 9.17) is 11.6 Å². The molecule has 0 unspecified atom stereocenters. The molecular formula is C17H10ClF3N2O. The van der Waals surface area contributed by atoms with E-state index >= 15 is 0 Å². The predicted molar refractivity (Wildman–Crippen MR) is 86.2 cm³/mol. The molecule has 1 heterocycles. The third-order valence-electron chi connectivity index (χ3n) is 3.41. The Hall–Kier alpha value is -2.60. The molecule has 0 spiro atoms. The van der Waals surface area contributed by atoms with Gasteiger partial charge in [-0.1, -0.05) is 23.7 Å². The highest BCUT2D eigenvalue weighted by Crippen LogP contribution is 2.32. The van der Waals surface area contributed by atoms with E-state index in [9.17, 15) is 18.0 Å². The van der Waals surface area contributed by atoms with Crippen LogP contribution in [0, 0.1) is 0 Å². The third-order valence-corrected chi connectivity index (χ3v) is 3.64. The van der Waals surface area contributed by atoms with Crippen LogP contribution >= 0.6 is 11.6 Å². The van der Waals surface area contributed by atoms with E-state index in [1.54, 1.807) is 18.2 Å². The Labute approximate surface area is 140 Å². The van der Waals surface area contributed by atoms with Gasteiger partial charge < -0.3 is 5.32 Å². The molecule has 0 aliphatic heterocycles. The number of aromatic nitrogens is 1. The van der Waals surface area contributed by atoms with Crippen LogP contribution in [0.1, 0.15) is 15.9 Å². The summed E-state index contributed by atoms with van der Waals surface area (Å²) in [7, 11) is 0. The Morgan fingerprint density at radius 2 is 1.88 bits per heavy atom. The van der Waals surface area contributed by atoms with Crippen molar-refractivity contribution in [3.63, 3.8) is 0 Å². The number of carbonyl (C=O) groups excluding carboxylic acids is 1. The zero-order valence-electron chi connectivity index (χ0n) is 12.1. The number of carbonyl (C=O) groups is 1. The van der Waals surface area contributed by atoms with Crippen LogP contribution in [0.5, 0.6) is 0 Å². The number of hydrogen-bond donors (Lipinski definition) is 1. The highest BCUT2D eigenvalue weighted by molar-refractivity contribution is 6.31. The van der Waals surface area contributed by atoms with Gasteiger partial charge in [0.15, 0.2) is 0 Å². The fourth-order valence-corrected chi connectivity index (χ4v) is 2.45. The zero-order valence-corrected chi connectivity index (χ0v) is 12.8. The highest BCUT2D eigenvalue weighted by atomic mass is 35.5. The summed E-state index contributed by atoms with van der Waals surface area (Å²) in [5.41, 5.74) is 0.0765. The summed E-state index contributed by atoms with van der Waals surface area (Å²) in [6, 6.07) is 11.1. The Balaban J connectivity index is 1.97. The lowest BCUT2D eigenvalue weighted by Crippen LogP contribution is -2.12. The third kappa shape index (κ3) is 3.33. The van der Waals surface area contributed by atoms with E-state index in [2.05, 4.69) is 10.3 Å². The minimum absolute atomic E-state index is 0.147. The number of fused-ring (bicyclic) bond motifs is 1. The second-order valence-electron chi connectivity index (χ2n) is 5.05. The van der Waals surface area contributed by atoms with Gasteiger partial charge in [-0.15, -0.1) is 0 Å². The molecule has 3 aromatic rings. The summed E-state index contributed by atoms with van der Waals surface area (Å²) in [5.74, 6) is -0.412. The predicted octanol–water partition coefficient (Wildman–Crippen LogP) is 5.16. The van der Waals surface area contributed by atoms with E-state index in [-0.39, 0.29) is 5.52 Å². The normalized spacial score (nSPS) is 11.5. The molecule has 3 nitrogen and oxygen atoms in total. The summed E-state index contributed by atoms with van der Waals surface area (Å²) in [6.45, 7) is 0. The topological polar surface area (TPSA) is 42.0 Å². The van der Waals surface area contributed by atoms with Crippen LogP contribution in [-0.4, -0.2) is 10.9 Å². The molecule has 0 bridgehead atoms. The summed E-state index contributed by atoms with van der Waals surface area (Å²) >= 11 is 5.85. The van der Waals surface area contributed by atoms with Crippen molar-refractivity contribution in [2.45, 2.75) is 6.18 Å². The largest absolute Gasteiger partial charge is 0.416 e. The molecule has 1 amide bonds. The van der Waals surface area contributed by atoms with Crippen LogP contribution in [0.4, 0.5) is 18.9 Å². The number of pyridine rings is 1. The Morgan fingerprint density at radius 3 is 2.58 bits per heavy atom. The number of anilines is 1. The maximum absolute atomic E-state index is 12.8. The van der Waals surface area contributed by atoms with Crippen molar-refractivity contribution in [1.82, 2.24) is 4.98 Å². The standard InChI is InChI=1S/C17H10ClF3N2O/c18-12-3-1-2-10(8-12)16(24)23-14-6-7-22-15-9-11(17(19,20)21)4-5-13(14)15/h1-9H,(H,22,23,24). The van der Waals surface area contributed by atoms with Crippen LogP contribution < -0.4 is 5.32 Å². The first-order valence-electron chi connectivity index (χ1n) is 6.87. The highest BCUT2D eigenvalue weighted by Gasteiger charge is 2.30. The molecule has 122 valence electrons. The smallest absolute Gasteiger partial charge is 0.321 e. The lowest BCUT2D eigenvalue weighted by Gasteiger charge is -2.11. The molecule has 0 radical (unpaired) electrons. The minimum Gasteiger partial charge on any atom is -0.321 e. The lowest BCUT2D eigenvalue weighted by molar-refractivity contribution is -0.137. The molecule has 2 aromatic carbocycles. The van der Waals surface area contributed by atoms with Crippen molar-refractivity contribution in [2.75, 3.05) is 5.32 Å². The monoisotopic (exact) mass is 350 g/mol. The first kappa shape index (κ1) is 16.3. The van der Waals surface area contributed by atoms with E-state index in [0.717, 1.165) is 12.1 Å². The SMILES string of the molecule is O=C(Nc1ccnc2cc(C(F)(F)F)ccc12)c1cccc(Cl)c1. The average Bonchev–Trinajstić information content (AvgIpc) is 2.54. The van der Waals surface area contributed by atoms with E-state index in [1.807, 2.05) is 0 Å². The minimum atomic E-state index is -4.45. The van der Waals surface area contributed by atoms with E-state index < -0.39 is 17.6 Å². The Bertz CT molecular complexity index is 925. The van der Waals surface area contributed by atoms with Crippen molar-refractivity contribution in [3.8, 4) is 0 Å². The van der Waals surface area contributed by atoms with Crippen LogP contribution in [0.15, 0.2) is 54.7 Å². The van der Waals surface area contributed by atoms with Crippen LogP contribution in [0.3, 0.4) is 0 Å². The molecule has 24 heavy (non-hydrogen) atoms. The molecule has 0 saturated carbocycles. The number of nitrogens with one attached hydrogen (secondary N) is 1. The quantitative estimate of drug-likeness (QED) is 0.693. The lowest BCUT2D eigenvalue weighted by atomic mass is 10.1. The average molecular weight is 351 g/mol. The molecular weight excluding hydrogens is 341 g/mol. The maximum atomic E-state index is 12.8. The Kier molecular flexibility index (Phi) is 4.15. The van der Waals surface area contributed by atoms with Crippen LogP contribution in [-0.2, 0) is 6.18 Å². The molecule has 7 heteroatoms. The van der Waals surface area contributed by atoms with Gasteiger partial charge in [-0.3, -0.25) is 9.78 Å². The summed E-state index contributed by atoms with van der Waals surface area (Å²) in [5, 5.41) is 3.50. The van der Waals surface area contributed by atoms with E-state index in [1.165, 1.54) is 24.4 Å². The number of halogens is 4. The molecule has 0 saturated heterocycles. The number of benzene rings is 2. The fourth-order valence-electron chi connectivity index (χ4n) is 2.26. The van der Waals surface area contributed by atoms with Crippen molar-refractivity contribution in [3.05, 3.63) is 70.9 Å². The van der Waals surface area contributed by atoms with Gasteiger partial charge in [0.05, 0.1) is 16.8 Å². The molecule has 0 fully saturated rings. The fraction of sp³-hybridized carbons (Fsp3) is 0.0588. The van der Waals surface area contributed by atoms with Crippen molar-refractivity contribution in [1.29, 1.82) is 0 Å². The second kappa shape index (κ2) is 6.13. The van der Waals surface area contributed by atoms with Crippen molar-refractivity contribution < 1.29 is 18.0 Å². The molecule has 1 aromatic heterocycles. The first-order valence-corrected chi connectivity index (χ1v) is 7.25. The van der Waals surface area contributed by atoms with E-state index in [0.29, 0.717) is 21.7 Å². The Morgan fingerprint density at radius 1 is 1.08 bits per heavy atom. The summed E-state index contributed by atoms with van der Waals surface area (Å²) in [4.78, 5) is 16.2. The van der Waals surface area contributed by atoms with Crippen LogP contribution in [0.25, 0.3) is 10.9 Å². The maximum Gasteiger partial charge on any atom is 0.416 e. The molecule has 3 rings (SSSR count). The van der Waals surface area contributed by atoms with Gasteiger partial charge in [0.2, 0.25) is 0 Å². The van der Waals surface area contributed by atoms with Gasteiger partial charge in [0, 0.05) is 22.2 Å². The number of alkyl halides is 3. The van der Waals surface area contributed by atoms with Gasteiger partial charge in [0.1, 0.15) is 0 Å². The summed E-state index contributed by atoms with van der Waals surface area (Å²) < 4.78 is 38.3. The van der Waals surface area contributed by atoms with Crippen molar-refractivity contribution >= 4 is 34.1 Å². The zero-order chi connectivity index (χ0) is 17.3. The molecule has 1 N–H and O–H groups in total. The van der Waals surface area contributed by atoms with Crippen molar-refractivity contribution in [2.24, 2.45) is 0 Å². The van der Waals surface area contributed by atoms with Gasteiger partial charge in [0.25, 0.3) is 5.91 Å². The number of nitrogens with zero attached hydrogens (tertiary/aromatic N) is 1. The number of hydrogen-bond acceptors (Lipinski definition) is 2. The van der Waals surface area contributed by atoms with Gasteiger partial charge in [-0.25, -0.2) is 0 Å². The van der Waals surface area contributed by atoms with Gasteiger partial charge in [-0.2, -0.15) is 13.2 Å².